The highest BCUT2D eigenvalue weighted by Gasteiger charge is 2.22. The minimum atomic E-state index is -0.322. The van der Waals surface area contributed by atoms with E-state index in [9.17, 15) is 9.59 Å². The summed E-state index contributed by atoms with van der Waals surface area (Å²) in [4.78, 5) is 29.7. The molecule has 0 aliphatic carbocycles. The number of hydrogen-bond donors (Lipinski definition) is 1. The van der Waals surface area contributed by atoms with Crippen LogP contribution in [-0.2, 0) is 18.4 Å². The third-order valence-electron chi connectivity index (χ3n) is 3.96. The second kappa shape index (κ2) is 7.71. The Kier molecular flexibility index (Phi) is 5.38. The molecule has 0 saturated carbocycles. The van der Waals surface area contributed by atoms with E-state index in [4.69, 9.17) is 4.74 Å². The Hall–Kier alpha value is -2.65. The number of carbonyl (C=O) groups excluding carboxylic acids is 1. The van der Waals surface area contributed by atoms with Crippen molar-refractivity contribution in [1.82, 2.24) is 24.5 Å². The molecule has 0 spiro atoms. The maximum atomic E-state index is 12.8. The summed E-state index contributed by atoms with van der Waals surface area (Å²) >= 11 is 1.18. The van der Waals surface area contributed by atoms with Crippen molar-refractivity contribution < 1.29 is 9.53 Å². The van der Waals surface area contributed by atoms with Crippen molar-refractivity contribution in [3.8, 4) is 5.69 Å². The molecule has 8 nitrogen and oxygen atoms in total. The van der Waals surface area contributed by atoms with Crippen LogP contribution in [0.4, 0.5) is 0 Å². The number of nitrogens with one attached hydrogen (secondary N) is 1. The van der Waals surface area contributed by atoms with Crippen LogP contribution >= 0.6 is 11.8 Å². The highest BCUT2D eigenvalue weighted by molar-refractivity contribution is 7.99. The summed E-state index contributed by atoms with van der Waals surface area (Å²) in [6, 6.07) is 9.23. The largest absolute Gasteiger partial charge is 0.377 e. The first-order valence-corrected chi connectivity index (χ1v) is 8.91. The maximum absolute atomic E-state index is 12.8. The summed E-state index contributed by atoms with van der Waals surface area (Å²) in [6.07, 6.45) is 0. The van der Waals surface area contributed by atoms with Gasteiger partial charge in [0.1, 0.15) is 12.2 Å². The fourth-order valence-corrected chi connectivity index (χ4v) is 3.32. The van der Waals surface area contributed by atoms with E-state index in [1.54, 1.807) is 25.8 Å². The van der Waals surface area contributed by atoms with Gasteiger partial charge < -0.3 is 4.74 Å². The number of methoxy groups -OCH3 is 1. The molecular formula is C17H19N5O3S. The minimum Gasteiger partial charge on any atom is -0.377 e. The standard InChI is InChI=1S/C17H19N5O3S/c1-11-15(13(23)10-26-17-18-14(9-25-3)19-20-17)16(24)22(21(11)2)12-7-5-4-6-8-12/h4-8H,9-10H2,1-3H3,(H,18,19,20). The molecule has 136 valence electrons. The number of benzene rings is 1. The van der Waals surface area contributed by atoms with Gasteiger partial charge in [-0.05, 0) is 19.1 Å². The molecular weight excluding hydrogens is 354 g/mol. The molecule has 0 aliphatic heterocycles. The van der Waals surface area contributed by atoms with Crippen molar-refractivity contribution in [1.29, 1.82) is 0 Å². The predicted molar refractivity (Wildman–Crippen MR) is 97.9 cm³/mol. The summed E-state index contributed by atoms with van der Waals surface area (Å²) < 4.78 is 8.16. The summed E-state index contributed by atoms with van der Waals surface area (Å²) in [7, 11) is 3.33. The third kappa shape index (κ3) is 3.49. The summed E-state index contributed by atoms with van der Waals surface area (Å²) in [6.45, 7) is 2.09. The van der Waals surface area contributed by atoms with E-state index < -0.39 is 0 Å². The van der Waals surface area contributed by atoms with Crippen LogP contribution in [0, 0.1) is 6.92 Å². The molecule has 26 heavy (non-hydrogen) atoms. The lowest BCUT2D eigenvalue weighted by Crippen LogP contribution is -2.23. The molecule has 0 unspecified atom stereocenters. The highest BCUT2D eigenvalue weighted by atomic mass is 32.2. The van der Waals surface area contributed by atoms with Crippen LogP contribution in [0.2, 0.25) is 0 Å². The molecule has 3 aromatic rings. The topological polar surface area (TPSA) is 94.8 Å². The van der Waals surface area contributed by atoms with Crippen molar-refractivity contribution in [2.75, 3.05) is 12.9 Å². The Morgan fingerprint density at radius 1 is 1.31 bits per heavy atom. The normalized spacial score (nSPS) is 11.0. The molecule has 0 amide bonds. The molecule has 0 atom stereocenters. The van der Waals surface area contributed by atoms with Gasteiger partial charge in [0.25, 0.3) is 5.56 Å². The molecule has 0 aliphatic rings. The Morgan fingerprint density at radius 2 is 2.04 bits per heavy atom. The first-order valence-electron chi connectivity index (χ1n) is 7.93. The number of H-pyrrole nitrogens is 1. The van der Waals surface area contributed by atoms with Gasteiger partial charge >= 0.3 is 0 Å². The van der Waals surface area contributed by atoms with Crippen molar-refractivity contribution in [2.24, 2.45) is 7.05 Å². The number of aromatic nitrogens is 5. The van der Waals surface area contributed by atoms with Gasteiger partial charge in [0.2, 0.25) is 5.16 Å². The number of carbonyl (C=O) groups is 1. The SMILES string of the molecule is COCc1nc(SCC(=O)c2c(C)n(C)n(-c3ccccc3)c2=O)n[nH]1. The van der Waals surface area contributed by atoms with Crippen molar-refractivity contribution in [3.05, 3.63) is 57.8 Å². The van der Waals surface area contributed by atoms with E-state index in [2.05, 4.69) is 15.2 Å². The fourth-order valence-electron chi connectivity index (χ4n) is 2.64. The van der Waals surface area contributed by atoms with E-state index in [0.29, 0.717) is 29.0 Å². The number of rotatable bonds is 7. The Labute approximate surface area is 154 Å². The molecule has 0 saturated heterocycles. The predicted octanol–water partition coefficient (Wildman–Crippen LogP) is 1.72. The number of aromatic amines is 1. The Morgan fingerprint density at radius 3 is 2.73 bits per heavy atom. The van der Waals surface area contributed by atoms with Crippen LogP contribution in [0.15, 0.2) is 40.3 Å². The monoisotopic (exact) mass is 373 g/mol. The van der Waals surface area contributed by atoms with Crippen LogP contribution in [-0.4, -0.2) is 43.2 Å². The molecule has 0 bridgehead atoms. The van der Waals surface area contributed by atoms with Gasteiger partial charge in [-0.2, -0.15) is 0 Å². The maximum Gasteiger partial charge on any atom is 0.282 e. The van der Waals surface area contributed by atoms with Crippen molar-refractivity contribution in [2.45, 2.75) is 18.7 Å². The lowest BCUT2D eigenvalue weighted by Gasteiger charge is -2.07. The molecule has 1 N–H and O–H groups in total. The first kappa shape index (κ1) is 18.2. The second-order valence-corrected chi connectivity index (χ2v) is 6.59. The smallest absolute Gasteiger partial charge is 0.282 e. The van der Waals surface area contributed by atoms with Crippen molar-refractivity contribution in [3.63, 3.8) is 0 Å². The summed E-state index contributed by atoms with van der Waals surface area (Å²) in [5.74, 6) is 0.421. The quantitative estimate of drug-likeness (QED) is 0.501. The summed E-state index contributed by atoms with van der Waals surface area (Å²) in [5.41, 5.74) is 1.21. The number of thioether (sulfide) groups is 1. The molecule has 2 aromatic heterocycles. The molecule has 1 aromatic carbocycles. The van der Waals surface area contributed by atoms with E-state index in [1.165, 1.54) is 16.4 Å². The number of hydrogen-bond acceptors (Lipinski definition) is 6. The number of nitrogens with zero attached hydrogens (tertiary/aromatic N) is 4. The zero-order chi connectivity index (χ0) is 18.7. The zero-order valence-corrected chi connectivity index (χ0v) is 15.5. The van der Waals surface area contributed by atoms with Gasteiger partial charge in [0, 0.05) is 19.9 Å². The molecule has 3 rings (SSSR count). The lowest BCUT2D eigenvalue weighted by molar-refractivity contribution is 0.102. The highest BCUT2D eigenvalue weighted by Crippen LogP contribution is 2.16. The molecule has 9 heteroatoms. The third-order valence-corrected chi connectivity index (χ3v) is 4.80. The van der Waals surface area contributed by atoms with Gasteiger partial charge in [-0.25, -0.2) is 9.67 Å². The van der Waals surface area contributed by atoms with E-state index in [1.807, 2.05) is 30.3 Å². The lowest BCUT2D eigenvalue weighted by atomic mass is 10.2. The summed E-state index contributed by atoms with van der Waals surface area (Å²) in [5, 5.41) is 7.21. The average molecular weight is 373 g/mol. The molecule has 0 fully saturated rings. The average Bonchev–Trinajstić information content (AvgIpc) is 3.17. The van der Waals surface area contributed by atoms with E-state index in [0.717, 1.165) is 0 Å². The fraction of sp³-hybridized carbons (Fsp3) is 0.294. The minimum absolute atomic E-state index is 0.0825. The van der Waals surface area contributed by atoms with E-state index >= 15 is 0 Å². The van der Waals surface area contributed by atoms with Gasteiger partial charge in [-0.3, -0.25) is 19.4 Å². The number of ether oxygens (including phenoxy) is 1. The van der Waals surface area contributed by atoms with Gasteiger partial charge in [0.15, 0.2) is 11.6 Å². The zero-order valence-electron chi connectivity index (χ0n) is 14.7. The van der Waals surface area contributed by atoms with Crippen LogP contribution in [0.1, 0.15) is 21.9 Å². The number of para-hydroxylation sites is 1. The second-order valence-electron chi connectivity index (χ2n) is 5.65. The number of ketones is 1. The molecule has 0 radical (unpaired) electrons. The van der Waals surface area contributed by atoms with Gasteiger partial charge in [0.05, 0.1) is 11.4 Å². The van der Waals surface area contributed by atoms with Gasteiger partial charge in [-0.1, -0.05) is 30.0 Å². The van der Waals surface area contributed by atoms with E-state index in [-0.39, 0.29) is 22.7 Å². The van der Waals surface area contributed by atoms with Crippen molar-refractivity contribution >= 4 is 17.5 Å². The van der Waals surface area contributed by atoms with Crippen LogP contribution < -0.4 is 5.56 Å². The Balaban J connectivity index is 1.82. The van der Waals surface area contributed by atoms with Gasteiger partial charge in [-0.15, -0.1) is 5.10 Å². The first-order chi connectivity index (χ1) is 12.5. The number of Topliss-reactive ketones (excluding diaryl/α,β-unsaturated/α-hetero) is 1. The Bertz CT molecular complexity index is 974. The van der Waals surface area contributed by atoms with Crippen LogP contribution in [0.5, 0.6) is 0 Å². The molecule has 2 heterocycles. The van der Waals surface area contributed by atoms with Crippen LogP contribution in [0.3, 0.4) is 0 Å². The van der Waals surface area contributed by atoms with Crippen LogP contribution in [0.25, 0.3) is 5.69 Å².